The molecule has 2 aromatic carbocycles. The van der Waals surface area contributed by atoms with Gasteiger partial charge in [0.25, 0.3) is 0 Å². The molecule has 3 heterocycles. The number of carbonyl (C=O) groups is 1. The number of benzene rings is 2. The molecule has 1 aliphatic heterocycles. The summed E-state index contributed by atoms with van der Waals surface area (Å²) in [6.07, 6.45) is 8.16. The van der Waals surface area contributed by atoms with Crippen molar-refractivity contribution in [2.45, 2.75) is 51.6 Å². The summed E-state index contributed by atoms with van der Waals surface area (Å²) in [5.41, 5.74) is 5.22. The Hall–Kier alpha value is -3.61. The molecule has 0 N–H and O–H groups in total. The lowest BCUT2D eigenvalue weighted by molar-refractivity contribution is -0.117. The number of hydrogen-bond acceptors (Lipinski definition) is 5. The Balaban J connectivity index is 1.50. The number of ether oxygens (including phenoxy) is 1. The number of fused-ring (bicyclic) bond motifs is 2. The molecule has 1 unspecified atom stereocenters. The zero-order valence-electron chi connectivity index (χ0n) is 18.1. The third-order valence-electron chi connectivity index (χ3n) is 6.38. The first kappa shape index (κ1) is 19.1. The van der Waals surface area contributed by atoms with Crippen LogP contribution in [0, 0.1) is 0 Å². The van der Waals surface area contributed by atoms with E-state index < -0.39 is 0 Å². The van der Waals surface area contributed by atoms with Crippen LogP contribution in [0.3, 0.4) is 0 Å². The monoisotopic (exact) mass is 428 g/mol. The lowest BCUT2D eigenvalue weighted by Gasteiger charge is -2.35. The summed E-state index contributed by atoms with van der Waals surface area (Å²) >= 11 is 0. The number of rotatable bonds is 4. The molecule has 1 saturated carbocycles. The zero-order valence-corrected chi connectivity index (χ0v) is 18.1. The van der Waals surface area contributed by atoms with E-state index in [-0.39, 0.29) is 18.0 Å². The molecule has 1 aliphatic carbocycles. The van der Waals surface area contributed by atoms with Crippen molar-refractivity contribution in [2.75, 3.05) is 4.90 Å². The summed E-state index contributed by atoms with van der Waals surface area (Å²) in [4.78, 5) is 18.8. The molecule has 4 aromatic rings. The van der Waals surface area contributed by atoms with Crippen molar-refractivity contribution in [3.05, 3.63) is 54.4 Å². The Morgan fingerprint density at radius 3 is 2.78 bits per heavy atom. The number of anilines is 1. The van der Waals surface area contributed by atoms with Crippen molar-refractivity contribution >= 4 is 22.7 Å². The molecule has 1 amide bonds. The lowest BCUT2D eigenvalue weighted by atomic mass is 9.92. The fourth-order valence-electron chi connectivity index (χ4n) is 4.63. The lowest BCUT2D eigenvalue weighted by Crippen LogP contribution is -2.40. The maximum Gasteiger partial charge on any atom is 0.400 e. The van der Waals surface area contributed by atoms with Gasteiger partial charge in [-0.3, -0.25) is 9.48 Å². The highest BCUT2D eigenvalue weighted by Crippen LogP contribution is 2.45. The van der Waals surface area contributed by atoms with E-state index in [0.29, 0.717) is 17.4 Å². The predicted molar refractivity (Wildman–Crippen MR) is 121 cm³/mol. The van der Waals surface area contributed by atoms with Crippen LogP contribution < -0.4 is 9.64 Å². The van der Waals surface area contributed by atoms with Crippen LogP contribution in [0.1, 0.15) is 44.7 Å². The minimum atomic E-state index is 0.0283. The third kappa shape index (κ3) is 3.16. The van der Waals surface area contributed by atoms with Gasteiger partial charge < -0.3 is 14.1 Å². The van der Waals surface area contributed by atoms with Gasteiger partial charge in [0, 0.05) is 35.9 Å². The van der Waals surface area contributed by atoms with E-state index in [1.54, 1.807) is 6.92 Å². The van der Waals surface area contributed by atoms with Crippen molar-refractivity contribution in [1.82, 2.24) is 14.8 Å². The highest BCUT2D eigenvalue weighted by atomic mass is 16.6. The molecule has 1 atom stereocenters. The van der Waals surface area contributed by atoms with E-state index in [9.17, 15) is 4.79 Å². The molecule has 2 aliphatic rings. The Morgan fingerprint density at radius 1 is 1.16 bits per heavy atom. The van der Waals surface area contributed by atoms with E-state index >= 15 is 0 Å². The second kappa shape index (κ2) is 7.22. The molecule has 1 fully saturated rings. The van der Waals surface area contributed by atoms with E-state index in [4.69, 9.17) is 9.15 Å². The van der Waals surface area contributed by atoms with Gasteiger partial charge in [-0.1, -0.05) is 12.1 Å². The fraction of sp³-hybridized carbons (Fsp3) is 0.320. The normalized spacial score (nSPS) is 18.1. The zero-order chi connectivity index (χ0) is 21.8. The van der Waals surface area contributed by atoms with Crippen LogP contribution in [0.15, 0.2) is 53.2 Å². The first-order chi connectivity index (χ1) is 15.6. The molecule has 0 saturated heterocycles. The highest BCUT2D eigenvalue weighted by molar-refractivity contribution is 5.95. The quantitative estimate of drug-likeness (QED) is 0.429. The predicted octanol–water partition coefficient (Wildman–Crippen LogP) is 5.51. The topological polar surface area (TPSA) is 73.4 Å². The van der Waals surface area contributed by atoms with Gasteiger partial charge in [-0.2, -0.15) is 10.1 Å². The number of para-hydroxylation sites is 2. The Bertz CT molecular complexity index is 1300. The standard InChI is InChI=1S/C25H24N4O3/c1-15-7-10-20-22(29(15)16(2)30)12-11-19(17-13-26-28(14-17)18-8-9-18)24(20)32-25-27-21-5-3-4-6-23(21)31-25/h3-6,11-15,18H,7-10H2,1-2H3. The number of carbonyl (C=O) groups excluding carboxylic acids is 1. The molecule has 0 radical (unpaired) electrons. The molecule has 162 valence electrons. The van der Waals surface area contributed by atoms with Gasteiger partial charge in [0.05, 0.1) is 17.9 Å². The summed E-state index contributed by atoms with van der Waals surface area (Å²) in [6, 6.07) is 12.3. The molecule has 7 heteroatoms. The van der Waals surface area contributed by atoms with Crippen LogP contribution in [0.2, 0.25) is 0 Å². The average Bonchev–Trinajstić information content (AvgIpc) is 3.36. The molecule has 0 bridgehead atoms. The van der Waals surface area contributed by atoms with E-state index in [0.717, 1.165) is 40.7 Å². The second-order valence-corrected chi connectivity index (χ2v) is 8.71. The van der Waals surface area contributed by atoms with Crippen LogP contribution in [-0.2, 0) is 11.2 Å². The molecular formula is C25H24N4O3. The summed E-state index contributed by atoms with van der Waals surface area (Å²) in [5.74, 6) is 0.711. The minimum Gasteiger partial charge on any atom is -0.410 e. The first-order valence-corrected chi connectivity index (χ1v) is 11.1. The number of nitrogens with zero attached hydrogens (tertiary/aromatic N) is 4. The molecule has 2 aromatic heterocycles. The van der Waals surface area contributed by atoms with Crippen LogP contribution in [0.4, 0.5) is 5.69 Å². The van der Waals surface area contributed by atoms with Gasteiger partial charge in [0.1, 0.15) is 11.3 Å². The number of amides is 1. The fourth-order valence-corrected chi connectivity index (χ4v) is 4.63. The minimum absolute atomic E-state index is 0.0283. The highest BCUT2D eigenvalue weighted by Gasteiger charge is 2.31. The van der Waals surface area contributed by atoms with E-state index in [1.807, 2.05) is 52.2 Å². The largest absolute Gasteiger partial charge is 0.410 e. The Labute approximate surface area is 185 Å². The summed E-state index contributed by atoms with van der Waals surface area (Å²) in [5, 5.41) is 4.56. The van der Waals surface area contributed by atoms with Gasteiger partial charge in [-0.15, -0.1) is 0 Å². The van der Waals surface area contributed by atoms with Gasteiger partial charge in [0.15, 0.2) is 5.58 Å². The van der Waals surface area contributed by atoms with Gasteiger partial charge in [0.2, 0.25) is 5.91 Å². The third-order valence-corrected chi connectivity index (χ3v) is 6.38. The van der Waals surface area contributed by atoms with Crippen molar-refractivity contribution in [3.63, 3.8) is 0 Å². The summed E-state index contributed by atoms with van der Waals surface area (Å²) in [7, 11) is 0. The van der Waals surface area contributed by atoms with Crippen molar-refractivity contribution in [3.8, 4) is 23.0 Å². The molecule has 32 heavy (non-hydrogen) atoms. The maximum atomic E-state index is 12.4. The summed E-state index contributed by atoms with van der Waals surface area (Å²) < 4.78 is 14.2. The molecular weight excluding hydrogens is 404 g/mol. The number of aromatic nitrogens is 3. The molecule has 0 spiro atoms. The van der Waals surface area contributed by atoms with Crippen molar-refractivity contribution in [2.24, 2.45) is 0 Å². The molecule has 6 rings (SSSR count). The average molecular weight is 428 g/mol. The smallest absolute Gasteiger partial charge is 0.400 e. The van der Waals surface area contributed by atoms with Gasteiger partial charge in [-0.25, -0.2) is 0 Å². The van der Waals surface area contributed by atoms with Crippen LogP contribution in [0.5, 0.6) is 11.8 Å². The van der Waals surface area contributed by atoms with Gasteiger partial charge >= 0.3 is 6.08 Å². The first-order valence-electron chi connectivity index (χ1n) is 11.1. The van der Waals surface area contributed by atoms with Gasteiger partial charge in [-0.05, 0) is 56.9 Å². The Morgan fingerprint density at radius 2 is 2.00 bits per heavy atom. The second-order valence-electron chi connectivity index (χ2n) is 8.71. The maximum absolute atomic E-state index is 12.4. The van der Waals surface area contributed by atoms with E-state index in [1.165, 1.54) is 12.8 Å². The van der Waals surface area contributed by atoms with Crippen LogP contribution >= 0.6 is 0 Å². The van der Waals surface area contributed by atoms with Crippen molar-refractivity contribution in [1.29, 1.82) is 0 Å². The Kier molecular flexibility index (Phi) is 4.31. The van der Waals surface area contributed by atoms with Crippen LogP contribution in [-0.4, -0.2) is 26.7 Å². The summed E-state index contributed by atoms with van der Waals surface area (Å²) in [6.45, 7) is 3.69. The van der Waals surface area contributed by atoms with Crippen molar-refractivity contribution < 1.29 is 13.9 Å². The van der Waals surface area contributed by atoms with E-state index in [2.05, 4.69) is 23.2 Å². The molecule has 7 nitrogen and oxygen atoms in total. The number of oxazole rings is 1. The number of hydrogen-bond donors (Lipinski definition) is 0. The van der Waals surface area contributed by atoms with Crippen LogP contribution in [0.25, 0.3) is 22.2 Å². The SMILES string of the molecule is CC(=O)N1c2ccc(-c3cnn(C4CC4)c3)c(Oc3nc4ccccc4o3)c2CCC1C.